The van der Waals surface area contributed by atoms with Crippen LogP contribution in [0.5, 0.6) is 5.88 Å². The van der Waals surface area contributed by atoms with Crippen LogP contribution in [-0.2, 0) is 13.0 Å². The Balaban J connectivity index is 1.49. The van der Waals surface area contributed by atoms with E-state index in [9.17, 15) is 4.79 Å². The number of hydrogen-bond donors (Lipinski definition) is 1. The predicted octanol–water partition coefficient (Wildman–Crippen LogP) is 4.59. The molecule has 7 heteroatoms. The number of carbonyl (C=O) groups excluding carboxylic acids is 1. The Morgan fingerprint density at radius 2 is 2.00 bits per heavy atom. The van der Waals surface area contributed by atoms with Gasteiger partial charge in [-0.1, -0.05) is 23.7 Å². The number of halogens is 1. The Labute approximate surface area is 168 Å². The highest BCUT2D eigenvalue weighted by molar-refractivity contribution is 6.34. The van der Waals surface area contributed by atoms with Gasteiger partial charge in [0.25, 0.3) is 5.91 Å². The van der Waals surface area contributed by atoms with Crippen molar-refractivity contribution in [2.75, 3.05) is 11.9 Å². The van der Waals surface area contributed by atoms with Crippen molar-refractivity contribution in [2.45, 2.75) is 32.7 Å². The van der Waals surface area contributed by atoms with Crippen LogP contribution in [0.4, 0.5) is 5.69 Å². The van der Waals surface area contributed by atoms with Crippen molar-refractivity contribution in [3.8, 4) is 17.1 Å². The third kappa shape index (κ3) is 3.87. The van der Waals surface area contributed by atoms with Crippen LogP contribution in [0.15, 0.2) is 42.6 Å². The summed E-state index contributed by atoms with van der Waals surface area (Å²) in [5.74, 6) is 1.14. The molecule has 0 radical (unpaired) electrons. The lowest BCUT2D eigenvalue weighted by molar-refractivity contribution is 0.102. The molecule has 3 heterocycles. The smallest absolute Gasteiger partial charge is 0.275 e. The summed E-state index contributed by atoms with van der Waals surface area (Å²) in [6.45, 7) is 3.35. The van der Waals surface area contributed by atoms with Crippen LogP contribution in [0.1, 0.15) is 36.1 Å². The molecule has 4 rings (SSSR count). The van der Waals surface area contributed by atoms with Crippen molar-refractivity contribution in [2.24, 2.45) is 0 Å². The minimum atomic E-state index is -0.378. The number of anilines is 1. The molecule has 0 atom stereocenters. The van der Waals surface area contributed by atoms with Gasteiger partial charge >= 0.3 is 0 Å². The molecule has 1 aliphatic heterocycles. The summed E-state index contributed by atoms with van der Waals surface area (Å²) >= 11 is 6.12. The monoisotopic (exact) mass is 396 g/mol. The Hall–Kier alpha value is -2.86. The Morgan fingerprint density at radius 3 is 2.75 bits per heavy atom. The van der Waals surface area contributed by atoms with Gasteiger partial charge in [-0.05, 0) is 38.0 Å². The predicted molar refractivity (Wildman–Crippen MR) is 109 cm³/mol. The van der Waals surface area contributed by atoms with E-state index in [4.69, 9.17) is 21.3 Å². The van der Waals surface area contributed by atoms with Gasteiger partial charge in [0.15, 0.2) is 5.69 Å². The van der Waals surface area contributed by atoms with Crippen molar-refractivity contribution < 1.29 is 9.53 Å². The quantitative estimate of drug-likeness (QED) is 0.685. The summed E-state index contributed by atoms with van der Waals surface area (Å²) in [5.41, 5.74) is 2.79. The van der Waals surface area contributed by atoms with Crippen LogP contribution in [0.3, 0.4) is 0 Å². The van der Waals surface area contributed by atoms with Gasteiger partial charge in [0.1, 0.15) is 5.82 Å². The van der Waals surface area contributed by atoms with Crippen LogP contribution in [-0.4, -0.2) is 27.0 Å². The fourth-order valence-corrected chi connectivity index (χ4v) is 3.47. The van der Waals surface area contributed by atoms with E-state index in [1.165, 1.54) is 12.8 Å². The number of amides is 1. The van der Waals surface area contributed by atoms with Gasteiger partial charge in [-0.15, -0.1) is 0 Å². The van der Waals surface area contributed by atoms with Gasteiger partial charge in [0.05, 0.1) is 17.3 Å². The van der Waals surface area contributed by atoms with Gasteiger partial charge in [-0.25, -0.2) is 9.97 Å². The average molecular weight is 397 g/mol. The number of imidazole rings is 1. The fourth-order valence-electron chi connectivity index (χ4n) is 3.28. The number of aromatic nitrogens is 3. The number of rotatable bonds is 5. The molecule has 1 aromatic carbocycles. The minimum Gasteiger partial charge on any atom is -0.478 e. The van der Waals surface area contributed by atoms with Crippen LogP contribution >= 0.6 is 11.6 Å². The van der Waals surface area contributed by atoms with E-state index in [0.717, 1.165) is 30.0 Å². The normalized spacial score (nSPS) is 13.1. The van der Waals surface area contributed by atoms with Gasteiger partial charge in [0, 0.05) is 36.5 Å². The van der Waals surface area contributed by atoms with Crippen LogP contribution in [0.25, 0.3) is 11.3 Å². The van der Waals surface area contributed by atoms with Crippen LogP contribution in [0, 0.1) is 0 Å². The maximum atomic E-state index is 12.5. The lowest BCUT2D eigenvalue weighted by Gasteiger charge is -2.11. The molecular weight excluding hydrogens is 376 g/mol. The molecule has 0 saturated heterocycles. The zero-order valence-corrected chi connectivity index (χ0v) is 16.4. The Bertz CT molecular complexity index is 975. The molecular formula is C21H21ClN4O2. The summed E-state index contributed by atoms with van der Waals surface area (Å²) in [6, 6.07) is 10.9. The van der Waals surface area contributed by atoms with E-state index >= 15 is 0 Å². The van der Waals surface area contributed by atoms with Crippen molar-refractivity contribution in [3.63, 3.8) is 0 Å². The highest BCUT2D eigenvalue weighted by Crippen LogP contribution is 2.25. The number of aryl methyl sites for hydroxylation is 2. The van der Waals surface area contributed by atoms with Crippen LogP contribution < -0.4 is 10.1 Å². The van der Waals surface area contributed by atoms with Crippen molar-refractivity contribution in [1.29, 1.82) is 0 Å². The summed E-state index contributed by atoms with van der Waals surface area (Å²) in [7, 11) is 0. The number of carbonyl (C=O) groups is 1. The fraction of sp³-hybridized carbons (Fsp3) is 0.286. The lowest BCUT2D eigenvalue weighted by Crippen LogP contribution is -2.14. The zero-order valence-electron chi connectivity index (χ0n) is 15.6. The number of pyridine rings is 1. The maximum absolute atomic E-state index is 12.5. The molecule has 0 saturated carbocycles. The average Bonchev–Trinajstić information content (AvgIpc) is 3.14. The zero-order chi connectivity index (χ0) is 19.5. The number of hydrogen-bond acceptors (Lipinski definition) is 4. The highest BCUT2D eigenvalue weighted by Gasteiger charge is 2.15. The Kier molecular flexibility index (Phi) is 5.30. The second-order valence-corrected chi connectivity index (χ2v) is 7.04. The third-order valence-electron chi connectivity index (χ3n) is 4.67. The van der Waals surface area contributed by atoms with E-state index in [1.54, 1.807) is 12.1 Å². The molecule has 6 nitrogen and oxygen atoms in total. The molecule has 0 fully saturated rings. The van der Waals surface area contributed by atoms with Crippen LogP contribution in [0.2, 0.25) is 5.02 Å². The first kappa shape index (κ1) is 18.5. The maximum Gasteiger partial charge on any atom is 0.275 e. The van der Waals surface area contributed by atoms with E-state index in [2.05, 4.69) is 21.1 Å². The van der Waals surface area contributed by atoms with Crippen molar-refractivity contribution >= 4 is 23.2 Å². The number of fused-ring (bicyclic) bond motifs is 1. The molecule has 2 aromatic heterocycles. The van der Waals surface area contributed by atoms with E-state index < -0.39 is 0 Å². The first-order valence-corrected chi connectivity index (χ1v) is 9.79. The summed E-state index contributed by atoms with van der Waals surface area (Å²) < 4.78 is 7.57. The summed E-state index contributed by atoms with van der Waals surface area (Å²) in [5, 5.41) is 3.11. The van der Waals surface area contributed by atoms with Gasteiger partial charge in [0.2, 0.25) is 5.88 Å². The van der Waals surface area contributed by atoms with Crippen molar-refractivity contribution in [1.82, 2.24) is 14.5 Å². The molecule has 1 amide bonds. The molecule has 1 aliphatic rings. The van der Waals surface area contributed by atoms with Crippen molar-refractivity contribution in [3.05, 3.63) is 59.1 Å². The van der Waals surface area contributed by atoms with E-state index in [1.807, 2.05) is 31.2 Å². The third-order valence-corrected chi connectivity index (χ3v) is 4.98. The van der Waals surface area contributed by atoms with Gasteiger partial charge in [-0.2, -0.15) is 0 Å². The number of nitrogens with one attached hydrogen (secondary N) is 1. The molecule has 0 aliphatic carbocycles. The number of nitrogens with zero attached hydrogens (tertiary/aromatic N) is 3. The van der Waals surface area contributed by atoms with Gasteiger partial charge in [-0.3, -0.25) is 4.79 Å². The summed E-state index contributed by atoms with van der Waals surface area (Å²) in [6.07, 6.45) is 5.53. The standard InChI is InChI=1S/C21H21ClN4O2/c1-2-28-19-11-10-16(22)20(25-19)21(27)23-15-8-6-14(7-9-15)17-13-26-12-4-3-5-18(26)24-17/h6-11,13H,2-5,12H2,1H3,(H,23,27). The second kappa shape index (κ2) is 8.02. The molecule has 0 unspecified atom stereocenters. The van der Waals surface area contributed by atoms with Gasteiger partial charge < -0.3 is 14.6 Å². The first-order chi connectivity index (χ1) is 13.6. The highest BCUT2D eigenvalue weighted by atomic mass is 35.5. The SMILES string of the molecule is CCOc1ccc(Cl)c(C(=O)Nc2ccc(-c3cn4c(n3)CCCC4)cc2)n1. The topological polar surface area (TPSA) is 69.0 Å². The number of benzene rings is 1. The molecule has 28 heavy (non-hydrogen) atoms. The molecule has 1 N–H and O–H groups in total. The minimum absolute atomic E-state index is 0.137. The molecule has 0 bridgehead atoms. The molecule has 144 valence electrons. The molecule has 0 spiro atoms. The van der Waals surface area contributed by atoms with E-state index in [-0.39, 0.29) is 16.6 Å². The Morgan fingerprint density at radius 1 is 1.18 bits per heavy atom. The largest absolute Gasteiger partial charge is 0.478 e. The number of ether oxygens (including phenoxy) is 1. The molecule has 3 aromatic rings. The summed E-state index contributed by atoms with van der Waals surface area (Å²) in [4.78, 5) is 21.5. The van der Waals surface area contributed by atoms with E-state index in [0.29, 0.717) is 18.2 Å². The first-order valence-electron chi connectivity index (χ1n) is 9.41. The second-order valence-electron chi connectivity index (χ2n) is 6.64. The lowest BCUT2D eigenvalue weighted by atomic mass is 10.1.